The molecular formula is C13H11NO3. The molecule has 0 aliphatic heterocycles. The number of aromatic amines is 1. The number of pyridine rings is 1. The lowest BCUT2D eigenvalue weighted by Gasteiger charge is -2.04. The van der Waals surface area contributed by atoms with Crippen molar-refractivity contribution in [3.8, 4) is 11.3 Å². The molecule has 2 rings (SSSR count). The van der Waals surface area contributed by atoms with E-state index in [0.29, 0.717) is 5.69 Å². The van der Waals surface area contributed by atoms with Crippen LogP contribution in [-0.2, 0) is 4.74 Å². The molecule has 0 spiro atoms. The Bertz CT molecular complexity index is 587. The van der Waals surface area contributed by atoms with Crippen molar-refractivity contribution in [1.29, 1.82) is 0 Å². The van der Waals surface area contributed by atoms with Gasteiger partial charge in [-0.1, -0.05) is 30.3 Å². The molecule has 1 N–H and O–H groups in total. The van der Waals surface area contributed by atoms with Crippen LogP contribution in [0.1, 0.15) is 10.5 Å². The molecule has 4 nitrogen and oxygen atoms in total. The van der Waals surface area contributed by atoms with Gasteiger partial charge in [0.15, 0.2) is 5.43 Å². The maximum Gasteiger partial charge on any atom is 0.354 e. The van der Waals surface area contributed by atoms with Crippen LogP contribution in [0.25, 0.3) is 11.3 Å². The lowest BCUT2D eigenvalue weighted by molar-refractivity contribution is 0.0594. The molecule has 2 aromatic rings. The van der Waals surface area contributed by atoms with Crippen LogP contribution in [0.4, 0.5) is 0 Å². The highest BCUT2D eigenvalue weighted by Crippen LogP contribution is 2.14. The first-order valence-corrected chi connectivity index (χ1v) is 5.09. The van der Waals surface area contributed by atoms with Crippen LogP contribution in [0.15, 0.2) is 47.3 Å². The minimum absolute atomic E-state index is 0.152. The summed E-state index contributed by atoms with van der Waals surface area (Å²) in [7, 11) is 1.27. The van der Waals surface area contributed by atoms with E-state index in [-0.39, 0.29) is 11.1 Å². The lowest BCUT2D eigenvalue weighted by Crippen LogP contribution is -2.11. The Balaban J connectivity index is 2.53. The number of esters is 1. The van der Waals surface area contributed by atoms with E-state index in [4.69, 9.17) is 0 Å². The first kappa shape index (κ1) is 11.1. The van der Waals surface area contributed by atoms with Crippen LogP contribution in [0, 0.1) is 0 Å². The van der Waals surface area contributed by atoms with E-state index in [2.05, 4.69) is 9.72 Å². The highest BCUT2D eigenvalue weighted by molar-refractivity contribution is 5.87. The number of methoxy groups -OCH3 is 1. The summed E-state index contributed by atoms with van der Waals surface area (Å²) < 4.78 is 4.57. The van der Waals surface area contributed by atoms with E-state index in [9.17, 15) is 9.59 Å². The Labute approximate surface area is 97.9 Å². The number of rotatable bonds is 2. The van der Waals surface area contributed by atoms with Crippen molar-refractivity contribution in [1.82, 2.24) is 4.98 Å². The summed E-state index contributed by atoms with van der Waals surface area (Å²) in [6.45, 7) is 0. The molecule has 86 valence electrons. The third-order valence-electron chi connectivity index (χ3n) is 2.33. The van der Waals surface area contributed by atoms with Crippen LogP contribution < -0.4 is 5.43 Å². The van der Waals surface area contributed by atoms with Crippen LogP contribution in [0.3, 0.4) is 0 Å². The quantitative estimate of drug-likeness (QED) is 0.799. The third-order valence-corrected chi connectivity index (χ3v) is 2.33. The van der Waals surface area contributed by atoms with Gasteiger partial charge in [0.25, 0.3) is 0 Å². The molecule has 0 amide bonds. The van der Waals surface area contributed by atoms with Gasteiger partial charge in [0.05, 0.1) is 7.11 Å². The average Bonchev–Trinajstić information content (AvgIpc) is 2.38. The standard InChI is InChI=1S/C13H11NO3/c1-17-13(16)12-8-10(15)7-11(14-12)9-5-3-2-4-6-9/h2-8H,1H3,(H,14,15). The van der Waals surface area contributed by atoms with Gasteiger partial charge in [0.2, 0.25) is 0 Å². The number of benzene rings is 1. The van der Waals surface area contributed by atoms with Crippen LogP contribution in [-0.4, -0.2) is 18.1 Å². The molecule has 0 saturated heterocycles. The van der Waals surface area contributed by atoms with Crippen LogP contribution >= 0.6 is 0 Å². The molecule has 0 aliphatic carbocycles. The van der Waals surface area contributed by atoms with Crippen molar-refractivity contribution in [3.63, 3.8) is 0 Å². The fourth-order valence-corrected chi connectivity index (χ4v) is 1.54. The molecule has 0 radical (unpaired) electrons. The monoisotopic (exact) mass is 229 g/mol. The van der Waals surface area contributed by atoms with E-state index in [0.717, 1.165) is 5.56 Å². The van der Waals surface area contributed by atoms with Crippen molar-refractivity contribution in [2.24, 2.45) is 0 Å². The van der Waals surface area contributed by atoms with E-state index in [1.54, 1.807) is 0 Å². The SMILES string of the molecule is COC(=O)c1cc(=O)cc(-c2ccccc2)[nH]1. The summed E-state index contributed by atoms with van der Waals surface area (Å²) in [6, 6.07) is 12.0. The summed E-state index contributed by atoms with van der Waals surface area (Å²) in [6.07, 6.45) is 0. The molecule has 0 fully saturated rings. The molecule has 0 atom stereocenters. The molecule has 1 aromatic heterocycles. The summed E-state index contributed by atoms with van der Waals surface area (Å²) in [4.78, 5) is 25.7. The minimum atomic E-state index is -0.556. The molecule has 0 unspecified atom stereocenters. The maximum atomic E-state index is 11.5. The van der Waals surface area contributed by atoms with Gasteiger partial charge < -0.3 is 9.72 Å². The van der Waals surface area contributed by atoms with Gasteiger partial charge in [-0.15, -0.1) is 0 Å². The largest absolute Gasteiger partial charge is 0.464 e. The number of carbonyl (C=O) groups excluding carboxylic acids is 1. The van der Waals surface area contributed by atoms with Gasteiger partial charge in [0.1, 0.15) is 5.69 Å². The maximum absolute atomic E-state index is 11.5. The van der Waals surface area contributed by atoms with Crippen molar-refractivity contribution < 1.29 is 9.53 Å². The molecule has 1 heterocycles. The van der Waals surface area contributed by atoms with Gasteiger partial charge in [0, 0.05) is 17.8 Å². The summed E-state index contributed by atoms with van der Waals surface area (Å²) in [5.74, 6) is -0.556. The van der Waals surface area contributed by atoms with Gasteiger partial charge in [-0.2, -0.15) is 0 Å². The van der Waals surface area contributed by atoms with E-state index >= 15 is 0 Å². The fourth-order valence-electron chi connectivity index (χ4n) is 1.54. The molecule has 0 aliphatic rings. The van der Waals surface area contributed by atoms with Crippen molar-refractivity contribution in [2.45, 2.75) is 0 Å². The number of carbonyl (C=O) groups is 1. The Morgan fingerprint density at radius 3 is 2.53 bits per heavy atom. The number of hydrogen-bond acceptors (Lipinski definition) is 3. The smallest absolute Gasteiger partial charge is 0.354 e. The number of H-pyrrole nitrogens is 1. The zero-order chi connectivity index (χ0) is 12.3. The number of aromatic nitrogens is 1. The highest BCUT2D eigenvalue weighted by Gasteiger charge is 2.08. The van der Waals surface area contributed by atoms with Crippen molar-refractivity contribution in [3.05, 3.63) is 58.4 Å². The average molecular weight is 229 g/mol. The second-order valence-electron chi connectivity index (χ2n) is 3.50. The lowest BCUT2D eigenvalue weighted by atomic mass is 10.1. The van der Waals surface area contributed by atoms with Gasteiger partial charge >= 0.3 is 5.97 Å². The molecule has 4 heteroatoms. The van der Waals surface area contributed by atoms with Crippen LogP contribution in [0.5, 0.6) is 0 Å². The van der Waals surface area contributed by atoms with E-state index in [1.807, 2.05) is 30.3 Å². The Morgan fingerprint density at radius 1 is 1.18 bits per heavy atom. The molecule has 1 aromatic carbocycles. The molecule has 0 saturated carbocycles. The predicted molar refractivity (Wildman–Crippen MR) is 63.8 cm³/mol. The number of hydrogen-bond donors (Lipinski definition) is 1. The van der Waals surface area contributed by atoms with Gasteiger partial charge in [-0.05, 0) is 5.56 Å². The van der Waals surface area contributed by atoms with Crippen LogP contribution in [0.2, 0.25) is 0 Å². The topological polar surface area (TPSA) is 59.2 Å². The Hall–Kier alpha value is -2.36. The number of ether oxygens (including phenoxy) is 1. The predicted octanol–water partition coefficient (Wildman–Crippen LogP) is 1.83. The Kier molecular flexibility index (Phi) is 3.05. The first-order chi connectivity index (χ1) is 8.20. The van der Waals surface area contributed by atoms with Crippen molar-refractivity contribution in [2.75, 3.05) is 7.11 Å². The molecular weight excluding hydrogens is 218 g/mol. The summed E-state index contributed by atoms with van der Waals surface area (Å²) in [5.41, 5.74) is 1.36. The fraction of sp³-hybridized carbons (Fsp3) is 0.0769. The molecule has 17 heavy (non-hydrogen) atoms. The highest BCUT2D eigenvalue weighted by atomic mass is 16.5. The number of nitrogens with one attached hydrogen (secondary N) is 1. The minimum Gasteiger partial charge on any atom is -0.464 e. The van der Waals surface area contributed by atoms with Crippen molar-refractivity contribution >= 4 is 5.97 Å². The third kappa shape index (κ3) is 2.42. The second kappa shape index (κ2) is 4.65. The zero-order valence-electron chi connectivity index (χ0n) is 9.27. The van der Waals surface area contributed by atoms with E-state index < -0.39 is 5.97 Å². The first-order valence-electron chi connectivity index (χ1n) is 5.09. The Morgan fingerprint density at radius 2 is 1.88 bits per heavy atom. The molecule has 0 bridgehead atoms. The van der Waals surface area contributed by atoms with E-state index in [1.165, 1.54) is 19.2 Å². The second-order valence-corrected chi connectivity index (χ2v) is 3.50. The van der Waals surface area contributed by atoms with Gasteiger partial charge in [-0.25, -0.2) is 4.79 Å². The summed E-state index contributed by atoms with van der Waals surface area (Å²) in [5, 5.41) is 0. The van der Waals surface area contributed by atoms with Gasteiger partial charge in [-0.3, -0.25) is 4.79 Å². The zero-order valence-corrected chi connectivity index (χ0v) is 9.27. The summed E-state index contributed by atoms with van der Waals surface area (Å²) >= 11 is 0. The normalized spacial score (nSPS) is 9.94.